The van der Waals surface area contributed by atoms with Gasteiger partial charge in [0, 0.05) is 13.1 Å². The van der Waals surface area contributed by atoms with Crippen molar-refractivity contribution in [2.24, 2.45) is 5.92 Å². The van der Waals surface area contributed by atoms with Crippen molar-refractivity contribution in [3.05, 3.63) is 41.5 Å². The van der Waals surface area contributed by atoms with Crippen LogP contribution in [0.15, 0.2) is 30.3 Å². The number of hydrogen-bond donors (Lipinski definition) is 0. The molecule has 0 unspecified atom stereocenters. The van der Waals surface area contributed by atoms with Gasteiger partial charge in [0.15, 0.2) is 0 Å². The molecule has 1 fully saturated rings. The normalized spacial score (nSPS) is 16.2. The number of rotatable bonds is 3. The van der Waals surface area contributed by atoms with E-state index in [-0.39, 0.29) is 6.09 Å². The highest BCUT2D eigenvalue weighted by atomic mass is 16.6. The van der Waals surface area contributed by atoms with E-state index in [9.17, 15) is 4.79 Å². The van der Waals surface area contributed by atoms with Gasteiger partial charge in [-0.1, -0.05) is 24.3 Å². The summed E-state index contributed by atoms with van der Waals surface area (Å²) in [5.41, 5.74) is 1.36. The summed E-state index contributed by atoms with van der Waals surface area (Å²) < 4.78 is 5.42. The van der Waals surface area contributed by atoms with Crippen LogP contribution in [-0.4, -0.2) is 29.7 Å². The Morgan fingerprint density at radius 1 is 1.29 bits per heavy atom. The minimum absolute atomic E-state index is 0.200. The lowest BCUT2D eigenvalue weighted by molar-refractivity contribution is 0.0185. The molecule has 1 saturated heterocycles. The van der Waals surface area contributed by atoms with Gasteiger partial charge in [-0.25, -0.2) is 4.79 Å². The average Bonchev–Trinajstić information content (AvgIpc) is 2.54. The molecule has 1 aromatic carbocycles. The molecule has 0 radical (unpaired) electrons. The van der Waals surface area contributed by atoms with Crippen LogP contribution in [0, 0.1) is 17.2 Å². The Bertz CT molecular complexity index is 613. The fourth-order valence-corrected chi connectivity index (χ4v) is 2.74. The summed E-state index contributed by atoms with van der Waals surface area (Å²) in [4.78, 5) is 13.9. The second-order valence-electron chi connectivity index (χ2n) is 7.28. The molecule has 4 heteroatoms. The Labute approximate surface area is 144 Å². The van der Waals surface area contributed by atoms with E-state index in [0.717, 1.165) is 37.9 Å². The number of nitrogens with zero attached hydrogens (tertiary/aromatic N) is 2. The molecule has 0 aromatic heterocycles. The van der Waals surface area contributed by atoms with Crippen molar-refractivity contribution in [3.63, 3.8) is 0 Å². The highest BCUT2D eigenvalue weighted by Crippen LogP contribution is 2.23. The minimum Gasteiger partial charge on any atom is -0.444 e. The van der Waals surface area contributed by atoms with Crippen molar-refractivity contribution in [1.29, 1.82) is 5.26 Å². The molecule has 128 valence electrons. The van der Waals surface area contributed by atoms with Gasteiger partial charge < -0.3 is 9.64 Å². The topological polar surface area (TPSA) is 53.3 Å². The van der Waals surface area contributed by atoms with Gasteiger partial charge in [0.05, 0.1) is 11.6 Å². The molecule has 1 amide bonds. The second kappa shape index (κ2) is 8.01. The first-order valence-electron chi connectivity index (χ1n) is 8.52. The van der Waals surface area contributed by atoms with Gasteiger partial charge in [0.1, 0.15) is 5.60 Å². The number of ether oxygens (including phenoxy) is 1. The number of carbonyl (C=O) groups is 1. The van der Waals surface area contributed by atoms with Crippen molar-refractivity contribution >= 4 is 12.2 Å². The van der Waals surface area contributed by atoms with Gasteiger partial charge >= 0.3 is 6.09 Å². The predicted octanol–water partition coefficient (Wildman–Crippen LogP) is 4.61. The first kappa shape index (κ1) is 18.1. The molecule has 0 spiro atoms. The van der Waals surface area contributed by atoms with E-state index in [0.29, 0.717) is 11.5 Å². The Morgan fingerprint density at radius 3 is 2.46 bits per heavy atom. The van der Waals surface area contributed by atoms with Gasteiger partial charge in [-0.3, -0.25) is 0 Å². The number of likely N-dealkylation sites (tertiary alicyclic amines) is 1. The van der Waals surface area contributed by atoms with Crippen LogP contribution in [0.25, 0.3) is 6.08 Å². The quantitative estimate of drug-likeness (QED) is 0.815. The number of nitriles is 1. The Hall–Kier alpha value is -2.28. The molecule has 1 aliphatic heterocycles. The van der Waals surface area contributed by atoms with Crippen LogP contribution in [-0.2, 0) is 4.74 Å². The van der Waals surface area contributed by atoms with Crippen molar-refractivity contribution in [2.45, 2.75) is 45.6 Å². The van der Waals surface area contributed by atoms with Crippen LogP contribution in [0.3, 0.4) is 0 Å². The summed E-state index contributed by atoms with van der Waals surface area (Å²) in [5, 5.41) is 8.79. The summed E-state index contributed by atoms with van der Waals surface area (Å²) in [5.74, 6) is 0.610. The standard InChI is InChI=1S/C20H26N2O2/c1-20(2,3)24-19(23)22-13-11-17(12-14-22)6-4-5-16-7-9-18(15-21)10-8-16/h4-5,7-10,17H,6,11-14H2,1-3H3. The number of hydrogen-bond acceptors (Lipinski definition) is 3. The maximum atomic E-state index is 12.0. The van der Waals surface area contributed by atoms with Gasteiger partial charge in [0.2, 0.25) is 0 Å². The maximum Gasteiger partial charge on any atom is 0.410 e. The number of piperidine rings is 1. The zero-order valence-electron chi connectivity index (χ0n) is 14.8. The van der Waals surface area contributed by atoms with Crippen LogP contribution in [0.2, 0.25) is 0 Å². The monoisotopic (exact) mass is 326 g/mol. The summed E-state index contributed by atoms with van der Waals surface area (Å²) in [6.45, 7) is 7.22. The van der Waals surface area contributed by atoms with Gasteiger partial charge in [0.25, 0.3) is 0 Å². The van der Waals surface area contributed by atoms with Gasteiger partial charge in [-0.05, 0) is 63.6 Å². The zero-order valence-corrected chi connectivity index (χ0v) is 14.8. The van der Waals surface area contributed by atoms with Gasteiger partial charge in [-0.15, -0.1) is 0 Å². The van der Waals surface area contributed by atoms with Crippen LogP contribution in [0.4, 0.5) is 4.79 Å². The SMILES string of the molecule is CC(C)(C)OC(=O)N1CCC(CC=Cc2ccc(C#N)cc2)CC1. The number of carbonyl (C=O) groups excluding carboxylic acids is 1. The summed E-state index contributed by atoms with van der Waals surface area (Å²) in [6.07, 6.45) is 7.13. The summed E-state index contributed by atoms with van der Waals surface area (Å²) in [7, 11) is 0. The fraction of sp³-hybridized carbons (Fsp3) is 0.500. The molecule has 0 N–H and O–H groups in total. The number of benzene rings is 1. The van der Waals surface area contributed by atoms with E-state index in [1.165, 1.54) is 0 Å². The number of amides is 1. The highest BCUT2D eigenvalue weighted by Gasteiger charge is 2.26. The first-order chi connectivity index (χ1) is 11.4. The third-order valence-electron chi connectivity index (χ3n) is 4.09. The largest absolute Gasteiger partial charge is 0.444 e. The molecule has 1 aliphatic rings. The Kier molecular flexibility index (Phi) is 6.03. The van der Waals surface area contributed by atoms with Crippen molar-refractivity contribution in [2.75, 3.05) is 13.1 Å². The molecule has 0 saturated carbocycles. The smallest absolute Gasteiger partial charge is 0.410 e. The molecule has 1 heterocycles. The van der Waals surface area contributed by atoms with Crippen molar-refractivity contribution in [3.8, 4) is 6.07 Å². The van der Waals surface area contributed by atoms with E-state index in [1.54, 1.807) is 0 Å². The summed E-state index contributed by atoms with van der Waals surface area (Å²) in [6, 6.07) is 9.70. The third kappa shape index (κ3) is 5.73. The molecule has 24 heavy (non-hydrogen) atoms. The van der Waals surface area contributed by atoms with Crippen molar-refractivity contribution in [1.82, 2.24) is 4.90 Å². The van der Waals surface area contributed by atoms with E-state index >= 15 is 0 Å². The molecule has 2 rings (SSSR count). The van der Waals surface area contributed by atoms with Crippen molar-refractivity contribution < 1.29 is 9.53 Å². The molecule has 0 aliphatic carbocycles. The van der Waals surface area contributed by atoms with E-state index in [4.69, 9.17) is 10.00 Å². The lowest BCUT2D eigenvalue weighted by Crippen LogP contribution is -2.41. The molecule has 0 bridgehead atoms. The van der Waals surface area contributed by atoms with E-state index in [2.05, 4.69) is 18.2 Å². The molecule has 1 aromatic rings. The maximum absolute atomic E-state index is 12.0. The number of allylic oxidation sites excluding steroid dienone is 1. The van der Waals surface area contributed by atoms with Crippen LogP contribution >= 0.6 is 0 Å². The van der Waals surface area contributed by atoms with Crippen LogP contribution in [0.5, 0.6) is 0 Å². The molecular formula is C20H26N2O2. The Morgan fingerprint density at radius 2 is 1.92 bits per heavy atom. The van der Waals surface area contributed by atoms with Crippen LogP contribution in [0.1, 0.15) is 51.2 Å². The molecule has 0 atom stereocenters. The average molecular weight is 326 g/mol. The third-order valence-corrected chi connectivity index (χ3v) is 4.09. The Balaban J connectivity index is 1.75. The summed E-state index contributed by atoms with van der Waals surface area (Å²) >= 11 is 0. The first-order valence-corrected chi connectivity index (χ1v) is 8.52. The van der Waals surface area contributed by atoms with Crippen LogP contribution < -0.4 is 0 Å². The lowest BCUT2D eigenvalue weighted by Gasteiger charge is -2.33. The molecule has 4 nitrogen and oxygen atoms in total. The molecular weight excluding hydrogens is 300 g/mol. The van der Waals surface area contributed by atoms with E-state index < -0.39 is 5.60 Å². The fourth-order valence-electron chi connectivity index (χ4n) is 2.74. The minimum atomic E-state index is -0.433. The lowest BCUT2D eigenvalue weighted by atomic mass is 9.93. The second-order valence-corrected chi connectivity index (χ2v) is 7.28. The van der Waals surface area contributed by atoms with Gasteiger partial charge in [-0.2, -0.15) is 5.26 Å². The zero-order chi connectivity index (χ0) is 17.6. The highest BCUT2D eigenvalue weighted by molar-refractivity contribution is 5.68. The van der Waals surface area contributed by atoms with E-state index in [1.807, 2.05) is 49.9 Å². The predicted molar refractivity (Wildman–Crippen MR) is 95.3 cm³/mol.